The van der Waals surface area contributed by atoms with E-state index in [4.69, 9.17) is 14.2 Å². The fourth-order valence-corrected chi connectivity index (χ4v) is 4.24. The first kappa shape index (κ1) is 20.1. The molecule has 0 radical (unpaired) electrons. The number of methoxy groups -OCH3 is 3. The number of esters is 2. The molecule has 6 atom stereocenters. The van der Waals surface area contributed by atoms with Crippen molar-refractivity contribution in [2.75, 3.05) is 21.3 Å². The molecule has 0 spiro atoms. The van der Waals surface area contributed by atoms with Crippen LogP contribution in [0.5, 0.6) is 0 Å². The third-order valence-electron chi connectivity index (χ3n) is 5.46. The highest BCUT2D eigenvalue weighted by Crippen LogP contribution is 2.52. The van der Waals surface area contributed by atoms with E-state index < -0.39 is 47.9 Å². The van der Waals surface area contributed by atoms with Crippen molar-refractivity contribution in [3.05, 3.63) is 0 Å². The molecule has 0 aromatic rings. The number of carbonyl (C=O) groups is 2. The maximum absolute atomic E-state index is 12.8. The molecule has 2 bridgehead atoms. The van der Waals surface area contributed by atoms with Crippen LogP contribution in [0.25, 0.3) is 0 Å². The Morgan fingerprint density at radius 1 is 1.08 bits per heavy atom. The van der Waals surface area contributed by atoms with Gasteiger partial charge in [-0.1, -0.05) is 25.7 Å². The van der Waals surface area contributed by atoms with Gasteiger partial charge in [-0.2, -0.15) is 0 Å². The van der Waals surface area contributed by atoms with Crippen molar-refractivity contribution >= 4 is 11.9 Å². The number of fused-ring (bicyclic) bond motifs is 2. The van der Waals surface area contributed by atoms with Crippen LogP contribution in [0.1, 0.15) is 38.5 Å². The van der Waals surface area contributed by atoms with Crippen LogP contribution in [-0.2, 0) is 28.5 Å². The Labute approximate surface area is 147 Å². The lowest BCUT2D eigenvalue weighted by molar-refractivity contribution is -0.190. The van der Waals surface area contributed by atoms with Gasteiger partial charge >= 0.3 is 11.9 Å². The highest BCUT2D eigenvalue weighted by Gasteiger charge is 2.69. The topological polar surface area (TPSA) is 112 Å². The lowest BCUT2D eigenvalue weighted by Crippen LogP contribution is -2.59. The van der Waals surface area contributed by atoms with E-state index in [1.807, 2.05) is 0 Å². The molecule has 0 aromatic carbocycles. The normalized spacial score (nSPS) is 37.2. The van der Waals surface area contributed by atoms with E-state index in [-0.39, 0.29) is 0 Å². The zero-order valence-corrected chi connectivity index (χ0v) is 15.0. The van der Waals surface area contributed by atoms with Gasteiger partial charge in [-0.15, -0.1) is 0 Å². The minimum Gasteiger partial charge on any atom is -0.468 e. The lowest BCUT2D eigenvalue weighted by atomic mass is 9.64. The van der Waals surface area contributed by atoms with Gasteiger partial charge in [0.25, 0.3) is 0 Å². The Hall–Kier alpha value is -1.22. The van der Waals surface area contributed by atoms with Gasteiger partial charge < -0.3 is 29.2 Å². The Kier molecular flexibility index (Phi) is 6.79. The maximum atomic E-state index is 12.8. The van der Waals surface area contributed by atoms with Crippen molar-refractivity contribution in [2.24, 2.45) is 11.3 Å². The van der Waals surface area contributed by atoms with E-state index in [0.717, 1.165) is 32.8 Å². The summed E-state index contributed by atoms with van der Waals surface area (Å²) in [7, 11) is 3.74. The van der Waals surface area contributed by atoms with E-state index in [9.17, 15) is 19.8 Å². The predicted octanol–water partition coefficient (Wildman–Crippen LogP) is 0.382. The van der Waals surface area contributed by atoms with Crippen molar-refractivity contribution in [1.82, 2.24) is 0 Å². The van der Waals surface area contributed by atoms with E-state index in [1.54, 1.807) is 0 Å². The number of aliphatic hydroxyl groups is 2. The zero-order valence-electron chi connectivity index (χ0n) is 15.0. The molecule has 2 rings (SSSR count). The Balaban J connectivity index is 2.59. The number of ether oxygens (including phenoxy) is 4. The summed E-state index contributed by atoms with van der Waals surface area (Å²) in [5.74, 6) is -2.42. The number of carbonyl (C=O) groups excluding carboxylic acids is 2. The van der Waals surface area contributed by atoms with Crippen LogP contribution in [0.3, 0.4) is 0 Å². The Bertz CT molecular complexity index is 477. The fourth-order valence-electron chi connectivity index (χ4n) is 4.24. The maximum Gasteiger partial charge on any atom is 0.336 e. The summed E-state index contributed by atoms with van der Waals surface area (Å²) in [6, 6.07) is 0. The van der Waals surface area contributed by atoms with Crippen LogP contribution >= 0.6 is 0 Å². The molecule has 1 aliphatic carbocycles. The SMILES string of the molecule is COC(=O)[C@H](O)[C@]1(C(=O)OC)[C@@H]2CCCCCC[C@H](O)[C@H]1O[C@@H]2OC. The van der Waals surface area contributed by atoms with Gasteiger partial charge in [0.05, 0.1) is 20.3 Å². The Morgan fingerprint density at radius 3 is 2.28 bits per heavy atom. The highest BCUT2D eigenvalue weighted by atomic mass is 16.7. The minimum absolute atomic E-state index is 0.389. The highest BCUT2D eigenvalue weighted by molar-refractivity contribution is 5.88. The second-order valence-electron chi connectivity index (χ2n) is 6.68. The summed E-state index contributed by atoms with van der Waals surface area (Å²) in [5, 5.41) is 21.4. The molecule has 1 aliphatic heterocycles. The van der Waals surface area contributed by atoms with Crippen LogP contribution in [0, 0.1) is 11.3 Å². The molecule has 8 heteroatoms. The smallest absolute Gasteiger partial charge is 0.336 e. The number of rotatable bonds is 4. The summed E-state index contributed by atoms with van der Waals surface area (Å²) in [5.41, 5.74) is -1.78. The van der Waals surface area contributed by atoms with Gasteiger partial charge in [-0.25, -0.2) is 4.79 Å². The summed E-state index contributed by atoms with van der Waals surface area (Å²) in [6.07, 6.45) is -0.537. The van der Waals surface area contributed by atoms with E-state index in [2.05, 4.69) is 4.74 Å². The molecule has 1 heterocycles. The molecule has 25 heavy (non-hydrogen) atoms. The van der Waals surface area contributed by atoms with Gasteiger partial charge in [-0.3, -0.25) is 4.79 Å². The van der Waals surface area contributed by atoms with Crippen molar-refractivity contribution < 1.29 is 38.7 Å². The average molecular weight is 360 g/mol. The summed E-state index contributed by atoms with van der Waals surface area (Å²) in [4.78, 5) is 25.0. The minimum atomic E-state index is -1.82. The quantitative estimate of drug-likeness (QED) is 0.692. The molecule has 0 aromatic heterocycles. The number of aliphatic hydroxyl groups excluding tert-OH is 2. The van der Waals surface area contributed by atoms with Crippen LogP contribution in [0.2, 0.25) is 0 Å². The molecule has 2 N–H and O–H groups in total. The molecule has 8 nitrogen and oxygen atoms in total. The van der Waals surface area contributed by atoms with Gasteiger partial charge in [0, 0.05) is 13.0 Å². The van der Waals surface area contributed by atoms with Crippen LogP contribution < -0.4 is 0 Å². The van der Waals surface area contributed by atoms with Crippen molar-refractivity contribution in [3.8, 4) is 0 Å². The lowest BCUT2D eigenvalue weighted by Gasteiger charge is -2.40. The first-order valence-corrected chi connectivity index (χ1v) is 8.65. The monoisotopic (exact) mass is 360 g/mol. The molecule has 2 fully saturated rings. The van der Waals surface area contributed by atoms with E-state index >= 15 is 0 Å². The molecule has 2 aliphatic rings. The third kappa shape index (κ3) is 3.40. The van der Waals surface area contributed by atoms with Crippen LogP contribution in [0.15, 0.2) is 0 Å². The zero-order chi connectivity index (χ0) is 18.6. The third-order valence-corrected chi connectivity index (χ3v) is 5.46. The summed E-state index contributed by atoms with van der Waals surface area (Å²) < 4.78 is 20.8. The molecule has 0 unspecified atom stereocenters. The Morgan fingerprint density at radius 2 is 1.72 bits per heavy atom. The van der Waals surface area contributed by atoms with Gasteiger partial charge in [0.15, 0.2) is 12.4 Å². The fraction of sp³-hybridized carbons (Fsp3) is 0.882. The molecule has 1 saturated heterocycles. The van der Waals surface area contributed by atoms with Gasteiger partial charge in [-0.05, 0) is 12.8 Å². The molecule has 0 amide bonds. The summed E-state index contributed by atoms with van der Waals surface area (Å²) in [6.45, 7) is 0. The molecule has 1 saturated carbocycles. The first-order chi connectivity index (χ1) is 11.9. The van der Waals surface area contributed by atoms with Crippen molar-refractivity contribution in [3.63, 3.8) is 0 Å². The first-order valence-electron chi connectivity index (χ1n) is 8.65. The standard InChI is InChI=1S/C17H28O8/c1-22-14(20)12(19)17(16(21)24-3)10-8-6-4-5-7-9-11(18)13(17)25-15(10)23-2/h10-13,15,18-19H,4-9H2,1-3H3/t10-,11+,12+,13-,15+,17-/m1/s1. The number of hydrogen-bond acceptors (Lipinski definition) is 8. The molecule has 144 valence electrons. The van der Waals surface area contributed by atoms with Crippen molar-refractivity contribution in [1.29, 1.82) is 0 Å². The summed E-state index contributed by atoms with van der Waals surface area (Å²) >= 11 is 0. The second-order valence-corrected chi connectivity index (χ2v) is 6.68. The van der Waals surface area contributed by atoms with Gasteiger partial charge in [0.2, 0.25) is 0 Å². The van der Waals surface area contributed by atoms with E-state index in [0.29, 0.717) is 12.8 Å². The van der Waals surface area contributed by atoms with Crippen LogP contribution in [0.4, 0.5) is 0 Å². The largest absolute Gasteiger partial charge is 0.468 e. The van der Waals surface area contributed by atoms with Crippen LogP contribution in [-0.4, -0.2) is 68.1 Å². The average Bonchev–Trinajstić information content (AvgIpc) is 2.95. The van der Waals surface area contributed by atoms with Crippen molar-refractivity contribution in [2.45, 2.75) is 63.1 Å². The molecular formula is C17H28O8. The van der Waals surface area contributed by atoms with E-state index in [1.165, 1.54) is 14.2 Å². The number of hydrogen-bond donors (Lipinski definition) is 2. The van der Waals surface area contributed by atoms with Gasteiger partial charge in [0.1, 0.15) is 11.5 Å². The predicted molar refractivity (Wildman–Crippen MR) is 85.3 cm³/mol. The molecular weight excluding hydrogens is 332 g/mol. The second kappa shape index (κ2) is 8.44.